The van der Waals surface area contributed by atoms with Crippen LogP contribution in [0.1, 0.15) is 30.7 Å². The third-order valence-corrected chi connectivity index (χ3v) is 5.03. The molecular weight excluding hydrogens is 330 g/mol. The summed E-state index contributed by atoms with van der Waals surface area (Å²) in [5, 5.41) is -0.138. The second-order valence-corrected chi connectivity index (χ2v) is 6.42. The van der Waals surface area contributed by atoms with Crippen LogP contribution in [0.25, 0.3) is 0 Å². The highest BCUT2D eigenvalue weighted by Crippen LogP contribution is 2.40. The Morgan fingerprint density at radius 3 is 2.71 bits per heavy atom. The molecule has 1 saturated heterocycles. The third-order valence-electron chi connectivity index (χ3n) is 3.75. The Balaban J connectivity index is 2.18. The molecule has 0 spiro atoms. The smallest absolute Gasteiger partial charge is 0.307 e. The van der Waals surface area contributed by atoms with Gasteiger partial charge in [-0.15, -0.1) is 11.8 Å². The topological polar surface area (TPSA) is 65.1 Å². The number of hydrogen-bond acceptors (Lipinski definition) is 6. The molecule has 132 valence electrons. The molecule has 1 amide bonds. The van der Waals surface area contributed by atoms with Crippen molar-refractivity contribution in [2.24, 2.45) is 0 Å². The van der Waals surface area contributed by atoms with Crippen molar-refractivity contribution in [3.8, 4) is 11.5 Å². The lowest BCUT2D eigenvalue weighted by atomic mass is 10.1. The van der Waals surface area contributed by atoms with Crippen molar-refractivity contribution in [3.05, 3.63) is 23.8 Å². The molecule has 1 aliphatic rings. The molecule has 0 N–H and O–H groups in total. The van der Waals surface area contributed by atoms with E-state index in [1.807, 2.05) is 18.2 Å². The zero-order valence-electron chi connectivity index (χ0n) is 14.2. The van der Waals surface area contributed by atoms with E-state index < -0.39 is 0 Å². The van der Waals surface area contributed by atoms with Gasteiger partial charge >= 0.3 is 5.97 Å². The first-order valence-electron chi connectivity index (χ1n) is 7.89. The molecule has 1 aliphatic heterocycles. The van der Waals surface area contributed by atoms with Crippen LogP contribution in [0, 0.1) is 0 Å². The first-order valence-corrected chi connectivity index (χ1v) is 8.94. The van der Waals surface area contributed by atoms with Crippen LogP contribution in [0.3, 0.4) is 0 Å². The maximum atomic E-state index is 12.3. The van der Waals surface area contributed by atoms with E-state index in [9.17, 15) is 9.59 Å². The minimum atomic E-state index is -0.285. The second kappa shape index (κ2) is 8.82. The van der Waals surface area contributed by atoms with Crippen molar-refractivity contribution < 1.29 is 23.8 Å². The van der Waals surface area contributed by atoms with Gasteiger partial charge in [-0.1, -0.05) is 6.07 Å². The summed E-state index contributed by atoms with van der Waals surface area (Å²) in [4.78, 5) is 25.7. The lowest BCUT2D eigenvalue weighted by Gasteiger charge is -2.35. The molecule has 0 saturated carbocycles. The van der Waals surface area contributed by atoms with Crippen LogP contribution in [0.15, 0.2) is 18.2 Å². The van der Waals surface area contributed by atoms with Crippen LogP contribution in [0.2, 0.25) is 0 Å². The molecule has 1 heterocycles. The lowest BCUT2D eigenvalue weighted by molar-refractivity contribution is -0.144. The van der Waals surface area contributed by atoms with Crippen LogP contribution < -0.4 is 9.47 Å². The van der Waals surface area contributed by atoms with Crippen molar-refractivity contribution in [1.29, 1.82) is 0 Å². The number of thioether (sulfide) groups is 1. The van der Waals surface area contributed by atoms with Gasteiger partial charge in [0, 0.05) is 18.7 Å². The van der Waals surface area contributed by atoms with E-state index in [0.717, 1.165) is 11.3 Å². The standard InChI is InChI=1S/C17H23NO5S/c1-4-23-16(20)7-9-18-15(19)8-10-24-17(18)12-5-6-13(21-2)14(11-12)22-3/h5-6,11,17H,4,7-10H2,1-3H3. The molecule has 1 fully saturated rings. The highest BCUT2D eigenvalue weighted by atomic mass is 32.2. The summed E-state index contributed by atoms with van der Waals surface area (Å²) in [5.41, 5.74) is 0.953. The third kappa shape index (κ3) is 4.35. The SMILES string of the molecule is CCOC(=O)CCN1C(=O)CCSC1c1ccc(OC)c(OC)c1. The number of methoxy groups -OCH3 is 2. The summed E-state index contributed by atoms with van der Waals surface area (Å²) in [6.45, 7) is 2.47. The van der Waals surface area contributed by atoms with Gasteiger partial charge in [-0.05, 0) is 24.6 Å². The number of carbonyl (C=O) groups excluding carboxylic acids is 2. The van der Waals surface area contributed by atoms with E-state index in [0.29, 0.717) is 31.1 Å². The van der Waals surface area contributed by atoms with Crippen LogP contribution in [0.5, 0.6) is 11.5 Å². The maximum Gasteiger partial charge on any atom is 0.307 e. The predicted molar refractivity (Wildman–Crippen MR) is 92.3 cm³/mol. The number of nitrogens with zero attached hydrogens (tertiary/aromatic N) is 1. The summed E-state index contributed by atoms with van der Waals surface area (Å²) >= 11 is 1.68. The fourth-order valence-electron chi connectivity index (χ4n) is 2.59. The molecule has 1 atom stereocenters. The number of benzene rings is 1. The first-order chi connectivity index (χ1) is 11.6. The van der Waals surface area contributed by atoms with Crippen molar-refractivity contribution in [2.75, 3.05) is 33.1 Å². The van der Waals surface area contributed by atoms with E-state index in [1.54, 1.807) is 37.8 Å². The lowest BCUT2D eigenvalue weighted by Crippen LogP contribution is -2.38. The normalized spacial score (nSPS) is 17.5. The molecule has 0 radical (unpaired) electrons. The Kier molecular flexibility index (Phi) is 6.78. The first kappa shape index (κ1) is 18.4. The maximum absolute atomic E-state index is 12.3. The van der Waals surface area contributed by atoms with Gasteiger partial charge < -0.3 is 19.1 Å². The minimum Gasteiger partial charge on any atom is -0.493 e. The number of carbonyl (C=O) groups is 2. The fourth-order valence-corrected chi connectivity index (χ4v) is 3.85. The fraction of sp³-hybridized carbons (Fsp3) is 0.529. The van der Waals surface area contributed by atoms with Crippen LogP contribution in [-0.4, -0.2) is 49.9 Å². The Morgan fingerprint density at radius 2 is 2.04 bits per heavy atom. The summed E-state index contributed by atoms with van der Waals surface area (Å²) in [5.74, 6) is 1.79. The van der Waals surface area contributed by atoms with E-state index in [-0.39, 0.29) is 23.7 Å². The number of hydrogen-bond donors (Lipinski definition) is 0. The van der Waals surface area contributed by atoms with Gasteiger partial charge in [-0.25, -0.2) is 0 Å². The Hall–Kier alpha value is -1.89. The number of esters is 1. The van der Waals surface area contributed by atoms with Crippen LogP contribution >= 0.6 is 11.8 Å². The molecule has 2 rings (SSSR count). The molecule has 0 aliphatic carbocycles. The quantitative estimate of drug-likeness (QED) is 0.702. The van der Waals surface area contributed by atoms with Crippen molar-refractivity contribution in [1.82, 2.24) is 4.90 Å². The molecule has 1 aromatic carbocycles. The summed E-state index contributed by atoms with van der Waals surface area (Å²) < 4.78 is 15.6. The zero-order valence-corrected chi connectivity index (χ0v) is 15.1. The summed E-state index contributed by atoms with van der Waals surface area (Å²) in [7, 11) is 3.17. The molecule has 0 bridgehead atoms. The van der Waals surface area contributed by atoms with Gasteiger partial charge in [-0.3, -0.25) is 9.59 Å². The van der Waals surface area contributed by atoms with Gasteiger partial charge in [0.15, 0.2) is 11.5 Å². The molecule has 6 nitrogen and oxygen atoms in total. The average Bonchev–Trinajstić information content (AvgIpc) is 2.60. The predicted octanol–water partition coefficient (Wildman–Crippen LogP) is 2.62. The van der Waals surface area contributed by atoms with Gasteiger partial charge in [0.25, 0.3) is 0 Å². The van der Waals surface area contributed by atoms with E-state index in [1.165, 1.54) is 0 Å². The highest BCUT2D eigenvalue weighted by Gasteiger charge is 2.30. The number of rotatable bonds is 7. The second-order valence-electron chi connectivity index (χ2n) is 5.23. The van der Waals surface area contributed by atoms with Crippen molar-refractivity contribution in [2.45, 2.75) is 25.1 Å². The van der Waals surface area contributed by atoms with Crippen molar-refractivity contribution in [3.63, 3.8) is 0 Å². The number of ether oxygens (including phenoxy) is 3. The van der Waals surface area contributed by atoms with E-state index in [2.05, 4.69) is 0 Å². The molecule has 0 aromatic heterocycles. The summed E-state index contributed by atoms with van der Waals surface area (Å²) in [6.07, 6.45) is 0.682. The van der Waals surface area contributed by atoms with Gasteiger partial charge in [0.05, 0.1) is 27.2 Å². The molecular formula is C17H23NO5S. The average molecular weight is 353 g/mol. The molecule has 24 heavy (non-hydrogen) atoms. The monoisotopic (exact) mass is 353 g/mol. The largest absolute Gasteiger partial charge is 0.493 e. The van der Waals surface area contributed by atoms with Gasteiger partial charge in [0.1, 0.15) is 5.37 Å². The minimum absolute atomic E-state index is 0.0535. The van der Waals surface area contributed by atoms with E-state index in [4.69, 9.17) is 14.2 Å². The van der Waals surface area contributed by atoms with E-state index >= 15 is 0 Å². The molecule has 7 heteroatoms. The van der Waals surface area contributed by atoms with Crippen LogP contribution in [-0.2, 0) is 14.3 Å². The Morgan fingerprint density at radius 1 is 1.29 bits per heavy atom. The summed E-state index contributed by atoms with van der Waals surface area (Å²) in [6, 6.07) is 5.64. The van der Waals surface area contributed by atoms with Gasteiger partial charge in [0.2, 0.25) is 5.91 Å². The number of amides is 1. The molecule has 1 unspecified atom stereocenters. The zero-order chi connectivity index (χ0) is 17.5. The molecule has 1 aromatic rings. The Bertz CT molecular complexity index is 592. The Labute approximate surface area is 146 Å². The van der Waals surface area contributed by atoms with Gasteiger partial charge in [-0.2, -0.15) is 0 Å². The van der Waals surface area contributed by atoms with Crippen LogP contribution in [0.4, 0.5) is 0 Å². The highest BCUT2D eigenvalue weighted by molar-refractivity contribution is 7.99. The van der Waals surface area contributed by atoms with Crippen molar-refractivity contribution >= 4 is 23.6 Å².